The molecule has 0 aromatic heterocycles. The molecule has 6 heteroatoms. The monoisotopic (exact) mass is 276 g/mol. The van der Waals surface area contributed by atoms with Crippen LogP contribution in [0.3, 0.4) is 0 Å². The molecule has 2 aromatic rings. The van der Waals surface area contributed by atoms with Crippen molar-refractivity contribution < 1.29 is 14.2 Å². The van der Waals surface area contributed by atoms with Crippen LogP contribution in [0.2, 0.25) is 0 Å². The number of nitro benzene ring substituents is 1. The summed E-state index contributed by atoms with van der Waals surface area (Å²) >= 11 is 0. The Hall–Kier alpha value is -2.31. The van der Waals surface area contributed by atoms with Gasteiger partial charge >= 0.3 is 5.69 Å². The molecule has 0 spiro atoms. The quantitative estimate of drug-likeness (QED) is 0.500. The van der Waals surface area contributed by atoms with Gasteiger partial charge in [-0.25, -0.2) is 0 Å². The van der Waals surface area contributed by atoms with Gasteiger partial charge in [-0.2, -0.15) is 9.87 Å². The van der Waals surface area contributed by atoms with E-state index in [9.17, 15) is 14.5 Å². The highest BCUT2D eigenvalue weighted by molar-refractivity contribution is 5.34. The lowest BCUT2D eigenvalue weighted by molar-refractivity contribution is -0.387. The van der Waals surface area contributed by atoms with Crippen LogP contribution in [0.25, 0.3) is 0 Å². The zero-order chi connectivity index (χ0) is 14.4. The van der Waals surface area contributed by atoms with Crippen molar-refractivity contribution in [2.24, 2.45) is 0 Å². The Labute approximate surface area is 115 Å². The average Bonchev–Trinajstić information content (AvgIpc) is 2.44. The first-order chi connectivity index (χ1) is 9.66. The van der Waals surface area contributed by atoms with E-state index in [0.717, 1.165) is 17.7 Å². The Morgan fingerprint density at radius 2 is 1.90 bits per heavy atom. The van der Waals surface area contributed by atoms with Crippen LogP contribution in [0.4, 0.5) is 10.1 Å². The Morgan fingerprint density at radius 3 is 2.55 bits per heavy atom. The number of hydrogen-bond donors (Lipinski definition) is 1. The van der Waals surface area contributed by atoms with Gasteiger partial charge in [0.05, 0.1) is 11.5 Å². The Morgan fingerprint density at radius 1 is 1.15 bits per heavy atom. The highest BCUT2D eigenvalue weighted by Gasteiger charge is 2.13. The van der Waals surface area contributed by atoms with Crippen molar-refractivity contribution in [3.8, 4) is 0 Å². The van der Waals surface area contributed by atoms with E-state index in [-0.39, 0.29) is 6.54 Å². The van der Waals surface area contributed by atoms with Gasteiger partial charge in [0.2, 0.25) is 5.82 Å². The molecule has 0 aliphatic rings. The summed E-state index contributed by atoms with van der Waals surface area (Å²) in [5.41, 5.74) is 3.74. The van der Waals surface area contributed by atoms with Gasteiger partial charge in [-0.05, 0) is 17.2 Å². The topological polar surface area (TPSA) is 64.4 Å². The number of nitrogens with one attached hydrogen (secondary N) is 1. The molecule has 0 atom stereocenters. The fourth-order valence-corrected chi connectivity index (χ4v) is 1.65. The summed E-state index contributed by atoms with van der Waals surface area (Å²) in [5, 5.41) is 10.5. The third kappa shape index (κ3) is 3.84. The van der Waals surface area contributed by atoms with E-state index in [1.165, 1.54) is 6.07 Å². The number of hydrogen-bond acceptors (Lipinski definition) is 4. The Bertz CT molecular complexity index is 590. The minimum atomic E-state index is -0.850. The standard InChI is InChI=1S/C14H13FN2O3/c15-13-8-12(6-7-14(13)17(18)19)9-16-20-10-11-4-2-1-3-5-11/h1-8,16H,9-10H2. The molecular formula is C14H13FN2O3. The number of nitro groups is 1. The first-order valence-corrected chi connectivity index (χ1v) is 5.98. The highest BCUT2D eigenvalue weighted by Crippen LogP contribution is 2.17. The fraction of sp³-hybridized carbons (Fsp3) is 0.143. The van der Waals surface area contributed by atoms with Crippen molar-refractivity contribution in [1.29, 1.82) is 0 Å². The van der Waals surface area contributed by atoms with Gasteiger partial charge in [-0.1, -0.05) is 36.4 Å². The molecule has 0 fully saturated rings. The van der Waals surface area contributed by atoms with E-state index in [4.69, 9.17) is 4.84 Å². The van der Waals surface area contributed by atoms with Gasteiger partial charge in [0.15, 0.2) is 0 Å². The SMILES string of the molecule is O=[N+]([O-])c1ccc(CNOCc2ccccc2)cc1F. The fourth-order valence-electron chi connectivity index (χ4n) is 1.65. The molecule has 1 N–H and O–H groups in total. The van der Waals surface area contributed by atoms with Crippen LogP contribution in [-0.4, -0.2) is 4.92 Å². The van der Waals surface area contributed by atoms with Gasteiger partial charge in [0, 0.05) is 12.6 Å². The predicted molar refractivity (Wildman–Crippen MR) is 71.1 cm³/mol. The Kier molecular flexibility index (Phi) is 4.75. The first-order valence-electron chi connectivity index (χ1n) is 5.98. The lowest BCUT2D eigenvalue weighted by atomic mass is 10.2. The normalized spacial score (nSPS) is 10.4. The maximum atomic E-state index is 13.4. The first kappa shape index (κ1) is 14.1. The maximum absolute atomic E-state index is 13.4. The van der Waals surface area contributed by atoms with Crippen LogP contribution in [-0.2, 0) is 18.0 Å². The largest absolute Gasteiger partial charge is 0.304 e. The van der Waals surface area contributed by atoms with E-state index in [2.05, 4.69) is 5.48 Å². The van der Waals surface area contributed by atoms with Crippen LogP contribution in [0, 0.1) is 15.9 Å². The molecule has 0 heterocycles. The second kappa shape index (κ2) is 6.74. The van der Waals surface area contributed by atoms with E-state index < -0.39 is 16.4 Å². The Balaban J connectivity index is 1.83. The number of nitrogens with zero attached hydrogens (tertiary/aromatic N) is 1. The van der Waals surface area contributed by atoms with Crippen LogP contribution >= 0.6 is 0 Å². The van der Waals surface area contributed by atoms with E-state index >= 15 is 0 Å². The summed E-state index contributed by atoms with van der Waals surface area (Å²) in [6.07, 6.45) is 0. The molecule has 0 saturated heterocycles. The van der Waals surface area contributed by atoms with Crippen molar-refractivity contribution >= 4 is 5.69 Å². The summed E-state index contributed by atoms with van der Waals surface area (Å²) in [6.45, 7) is 0.651. The molecule has 0 unspecified atom stereocenters. The molecule has 0 aliphatic heterocycles. The van der Waals surface area contributed by atoms with Gasteiger partial charge in [-0.3, -0.25) is 15.0 Å². The van der Waals surface area contributed by atoms with Gasteiger partial charge in [-0.15, -0.1) is 0 Å². The van der Waals surface area contributed by atoms with Crippen molar-refractivity contribution in [1.82, 2.24) is 5.48 Å². The van der Waals surface area contributed by atoms with Gasteiger partial charge in [0.1, 0.15) is 0 Å². The molecule has 20 heavy (non-hydrogen) atoms. The number of rotatable bonds is 6. The van der Waals surface area contributed by atoms with E-state index in [1.54, 1.807) is 0 Å². The van der Waals surface area contributed by atoms with E-state index in [1.807, 2.05) is 30.3 Å². The summed E-state index contributed by atoms with van der Waals surface area (Å²) in [4.78, 5) is 15.0. The second-order valence-corrected chi connectivity index (χ2v) is 4.14. The third-order valence-electron chi connectivity index (χ3n) is 2.67. The zero-order valence-electron chi connectivity index (χ0n) is 10.6. The van der Waals surface area contributed by atoms with Crippen molar-refractivity contribution in [2.75, 3.05) is 0 Å². The molecule has 0 aliphatic carbocycles. The molecule has 0 saturated carbocycles. The lowest BCUT2D eigenvalue weighted by Crippen LogP contribution is -2.14. The average molecular weight is 276 g/mol. The molecule has 104 valence electrons. The molecule has 2 rings (SSSR count). The molecular weight excluding hydrogens is 263 g/mol. The summed E-state index contributed by atoms with van der Waals surface area (Å²) in [7, 11) is 0. The minimum absolute atomic E-state index is 0.266. The van der Waals surface area contributed by atoms with Crippen molar-refractivity contribution in [3.05, 3.63) is 75.6 Å². The maximum Gasteiger partial charge on any atom is 0.304 e. The minimum Gasteiger partial charge on any atom is -0.297 e. The van der Waals surface area contributed by atoms with E-state index in [0.29, 0.717) is 12.2 Å². The van der Waals surface area contributed by atoms with Gasteiger partial charge < -0.3 is 0 Å². The highest BCUT2D eigenvalue weighted by atomic mass is 19.1. The second-order valence-electron chi connectivity index (χ2n) is 4.14. The summed E-state index contributed by atoms with van der Waals surface area (Å²) in [6, 6.07) is 13.3. The smallest absolute Gasteiger partial charge is 0.297 e. The number of benzene rings is 2. The zero-order valence-corrected chi connectivity index (χ0v) is 10.6. The molecule has 0 bridgehead atoms. The van der Waals surface area contributed by atoms with Crippen LogP contribution in [0.5, 0.6) is 0 Å². The number of hydroxylamine groups is 1. The molecule has 5 nitrogen and oxygen atoms in total. The third-order valence-corrected chi connectivity index (χ3v) is 2.67. The molecule has 0 amide bonds. The lowest BCUT2D eigenvalue weighted by Gasteiger charge is -2.06. The van der Waals surface area contributed by atoms with Crippen LogP contribution in [0.15, 0.2) is 48.5 Å². The van der Waals surface area contributed by atoms with Gasteiger partial charge in [0.25, 0.3) is 0 Å². The molecule has 2 aromatic carbocycles. The van der Waals surface area contributed by atoms with Crippen molar-refractivity contribution in [2.45, 2.75) is 13.2 Å². The summed E-state index contributed by atoms with van der Waals surface area (Å²) in [5.74, 6) is -0.850. The molecule has 0 radical (unpaired) electrons. The van der Waals surface area contributed by atoms with Crippen molar-refractivity contribution in [3.63, 3.8) is 0 Å². The number of halogens is 1. The van der Waals surface area contributed by atoms with Crippen LogP contribution in [0.1, 0.15) is 11.1 Å². The summed E-state index contributed by atoms with van der Waals surface area (Å²) < 4.78 is 13.4. The van der Waals surface area contributed by atoms with Crippen LogP contribution < -0.4 is 5.48 Å². The predicted octanol–water partition coefficient (Wildman–Crippen LogP) is 2.96.